The minimum Gasteiger partial charge on any atom is -0.481 e. The van der Waals surface area contributed by atoms with Crippen LogP contribution < -0.4 is 14.4 Å². The van der Waals surface area contributed by atoms with E-state index in [1.165, 1.54) is 5.56 Å². The number of carboxylic acids is 1. The number of likely N-dealkylation sites (tertiary alicyclic amines) is 2. The van der Waals surface area contributed by atoms with Gasteiger partial charge in [0.25, 0.3) is 0 Å². The molecule has 0 aromatic heterocycles. The van der Waals surface area contributed by atoms with Crippen LogP contribution in [0.4, 0.5) is 5.69 Å². The fraction of sp³-hybridized carbons (Fsp3) is 0.571. The van der Waals surface area contributed by atoms with Gasteiger partial charge in [-0.1, -0.05) is 31.5 Å². The number of fused-ring (bicyclic) bond motifs is 1. The lowest BCUT2D eigenvalue weighted by Crippen LogP contribution is -2.45. The summed E-state index contributed by atoms with van der Waals surface area (Å²) in [4.78, 5) is 45.2. The first kappa shape index (κ1) is 32.8. The van der Waals surface area contributed by atoms with E-state index in [2.05, 4.69) is 45.1 Å². The molecule has 45 heavy (non-hydrogen) atoms. The van der Waals surface area contributed by atoms with Gasteiger partial charge in [0.05, 0.1) is 33.6 Å². The van der Waals surface area contributed by atoms with E-state index >= 15 is 0 Å². The zero-order valence-electron chi connectivity index (χ0n) is 27.2. The summed E-state index contributed by atoms with van der Waals surface area (Å²) in [6.45, 7) is 5.65. The van der Waals surface area contributed by atoms with Crippen molar-refractivity contribution in [1.29, 1.82) is 0 Å². The van der Waals surface area contributed by atoms with E-state index in [-0.39, 0.29) is 37.1 Å². The van der Waals surface area contributed by atoms with Crippen LogP contribution in [0.3, 0.4) is 0 Å². The van der Waals surface area contributed by atoms with Crippen LogP contribution in [-0.2, 0) is 20.9 Å². The van der Waals surface area contributed by atoms with Gasteiger partial charge in [-0.25, -0.2) is 0 Å². The van der Waals surface area contributed by atoms with Crippen molar-refractivity contribution in [2.24, 2.45) is 5.92 Å². The van der Waals surface area contributed by atoms with E-state index in [1.807, 2.05) is 40.1 Å². The Morgan fingerprint density at radius 1 is 1.07 bits per heavy atom. The third-order valence-electron chi connectivity index (χ3n) is 9.21. The normalized spacial score (nSPS) is 21.5. The molecule has 3 aliphatic heterocycles. The number of hydrogen-bond donors (Lipinski definition) is 1. The smallest absolute Gasteiger partial charge is 0.308 e. The quantitative estimate of drug-likeness (QED) is 0.314. The van der Waals surface area contributed by atoms with Crippen LogP contribution in [0.2, 0.25) is 0 Å². The second-order valence-corrected chi connectivity index (χ2v) is 13.7. The SMILES string of the molecule is CCCCN(C(=O)CN1C[C@H](c2ccc3c(c2)OCO3)C(C(=O)O)[C@@H]1CCCN1CCCC1=O)c1cccc(C[N+](C)(C)C)c1. The number of carbonyl (C=O) groups is 3. The highest BCUT2D eigenvalue weighted by Gasteiger charge is 2.47. The van der Waals surface area contributed by atoms with Crippen LogP contribution in [-0.4, -0.2) is 104 Å². The molecule has 2 amide bonds. The van der Waals surface area contributed by atoms with Crippen LogP contribution in [0, 0.1) is 5.92 Å². The topological polar surface area (TPSA) is 99.6 Å². The van der Waals surface area contributed by atoms with E-state index < -0.39 is 11.9 Å². The molecule has 0 bridgehead atoms. The third-order valence-corrected chi connectivity index (χ3v) is 9.21. The summed E-state index contributed by atoms with van der Waals surface area (Å²) in [5, 5.41) is 10.6. The summed E-state index contributed by atoms with van der Waals surface area (Å²) < 4.78 is 11.9. The molecule has 2 aromatic carbocycles. The summed E-state index contributed by atoms with van der Waals surface area (Å²) in [7, 11) is 6.44. The van der Waals surface area contributed by atoms with Gasteiger partial charge in [-0.05, 0) is 55.5 Å². The lowest BCUT2D eigenvalue weighted by molar-refractivity contribution is -0.884. The Kier molecular flexibility index (Phi) is 10.3. The van der Waals surface area contributed by atoms with Crippen molar-refractivity contribution in [3.8, 4) is 11.5 Å². The van der Waals surface area contributed by atoms with Crippen LogP contribution in [0.15, 0.2) is 42.5 Å². The number of carboxylic acid groups (broad SMARTS) is 1. The van der Waals surface area contributed by atoms with Crippen LogP contribution in [0.5, 0.6) is 11.5 Å². The molecule has 0 aliphatic carbocycles. The minimum absolute atomic E-state index is 0.0268. The third kappa shape index (κ3) is 7.97. The highest BCUT2D eigenvalue weighted by Crippen LogP contribution is 2.43. The van der Waals surface area contributed by atoms with Crippen LogP contribution in [0.1, 0.15) is 62.5 Å². The Balaban J connectivity index is 1.40. The number of aliphatic carboxylic acids is 1. The molecular weight excluding hydrogens is 572 g/mol. The monoisotopic (exact) mass is 621 g/mol. The number of nitrogens with zero attached hydrogens (tertiary/aromatic N) is 4. The average Bonchev–Trinajstić information content (AvgIpc) is 3.71. The van der Waals surface area contributed by atoms with Crippen molar-refractivity contribution >= 4 is 23.5 Å². The van der Waals surface area contributed by atoms with Crippen molar-refractivity contribution in [3.63, 3.8) is 0 Å². The van der Waals surface area contributed by atoms with Crippen molar-refractivity contribution in [2.45, 2.75) is 64.0 Å². The first-order valence-electron chi connectivity index (χ1n) is 16.4. The van der Waals surface area contributed by atoms with E-state index in [4.69, 9.17) is 9.47 Å². The summed E-state index contributed by atoms with van der Waals surface area (Å²) in [5.74, 6) is -0.479. The summed E-state index contributed by atoms with van der Waals surface area (Å²) in [6, 6.07) is 13.5. The minimum atomic E-state index is -0.870. The molecule has 3 aliphatic rings. The fourth-order valence-electron chi connectivity index (χ4n) is 7.11. The Bertz CT molecular complexity index is 1370. The van der Waals surface area contributed by atoms with Crippen molar-refractivity contribution in [2.75, 3.05) is 65.6 Å². The predicted octanol–water partition coefficient (Wildman–Crippen LogP) is 4.33. The Morgan fingerprint density at radius 3 is 2.58 bits per heavy atom. The maximum absolute atomic E-state index is 14.2. The zero-order valence-corrected chi connectivity index (χ0v) is 27.2. The van der Waals surface area contributed by atoms with Gasteiger partial charge >= 0.3 is 5.97 Å². The Labute approximate surface area is 267 Å². The van der Waals surface area contributed by atoms with E-state index in [0.717, 1.165) is 48.1 Å². The largest absolute Gasteiger partial charge is 0.481 e. The molecule has 5 rings (SSSR count). The summed E-state index contributed by atoms with van der Waals surface area (Å²) in [6.07, 6.45) is 4.55. The summed E-state index contributed by atoms with van der Waals surface area (Å²) >= 11 is 0. The molecule has 2 fully saturated rings. The average molecular weight is 622 g/mol. The van der Waals surface area contributed by atoms with Crippen molar-refractivity contribution in [3.05, 3.63) is 53.6 Å². The second kappa shape index (κ2) is 14.2. The Morgan fingerprint density at radius 2 is 1.87 bits per heavy atom. The maximum atomic E-state index is 14.2. The number of quaternary nitrogens is 1. The number of amides is 2. The lowest BCUT2D eigenvalue weighted by Gasteiger charge is -2.30. The lowest BCUT2D eigenvalue weighted by atomic mass is 9.83. The first-order chi connectivity index (χ1) is 21.5. The molecule has 0 spiro atoms. The number of hydrogen-bond acceptors (Lipinski definition) is 6. The van der Waals surface area contributed by atoms with Gasteiger partial charge in [0.15, 0.2) is 11.5 Å². The summed E-state index contributed by atoms with van der Waals surface area (Å²) in [5.41, 5.74) is 2.92. The van der Waals surface area contributed by atoms with Crippen molar-refractivity contribution in [1.82, 2.24) is 9.80 Å². The van der Waals surface area contributed by atoms with E-state index in [9.17, 15) is 19.5 Å². The van der Waals surface area contributed by atoms with Gasteiger partial charge in [-0.2, -0.15) is 0 Å². The fourth-order valence-corrected chi connectivity index (χ4v) is 7.11. The van der Waals surface area contributed by atoms with E-state index in [0.29, 0.717) is 50.4 Å². The Hall–Kier alpha value is -3.63. The second-order valence-electron chi connectivity index (χ2n) is 13.7. The number of rotatable bonds is 14. The number of unbranched alkanes of at least 4 members (excludes halogenated alkanes) is 1. The van der Waals surface area contributed by atoms with Gasteiger partial charge in [0, 0.05) is 55.8 Å². The molecular formula is C35H49N4O6+. The highest BCUT2D eigenvalue weighted by atomic mass is 16.7. The number of carbonyl (C=O) groups excluding carboxylic acids is 2. The van der Waals surface area contributed by atoms with Gasteiger partial charge < -0.3 is 28.9 Å². The molecule has 3 heterocycles. The number of anilines is 1. The number of benzene rings is 2. The van der Waals surface area contributed by atoms with E-state index in [1.54, 1.807) is 0 Å². The standard InChI is InChI=1S/C35H48N4O6/c1-5-6-18-38(27-11-7-10-25(19-27)23-39(2,3)4)33(41)22-37-21-28(26-14-15-30-31(20-26)45-24-44-30)34(35(42)43)29(37)12-8-16-36-17-9-13-32(36)40/h7,10-11,14-15,19-20,28-29,34H,5-6,8-9,12-13,16-18,21-24H2,1-4H3/p+1/t28-,29+,34?/m1/s1. The van der Waals surface area contributed by atoms with Gasteiger partial charge in [0.1, 0.15) is 6.54 Å². The molecule has 2 aromatic rings. The highest BCUT2D eigenvalue weighted by molar-refractivity contribution is 5.95. The number of ether oxygens (including phenoxy) is 2. The van der Waals surface area contributed by atoms with Gasteiger partial charge in [-0.3, -0.25) is 19.3 Å². The van der Waals surface area contributed by atoms with Crippen LogP contribution in [0.25, 0.3) is 0 Å². The zero-order chi connectivity index (χ0) is 32.1. The molecule has 10 nitrogen and oxygen atoms in total. The first-order valence-corrected chi connectivity index (χ1v) is 16.4. The molecule has 0 saturated carbocycles. The molecule has 3 atom stereocenters. The molecule has 244 valence electrons. The molecule has 0 radical (unpaired) electrons. The van der Waals surface area contributed by atoms with Crippen molar-refractivity contribution < 1.29 is 33.4 Å². The molecule has 1 N–H and O–H groups in total. The maximum Gasteiger partial charge on any atom is 0.308 e. The molecule has 10 heteroatoms. The van der Waals surface area contributed by atoms with Gasteiger partial charge in [0.2, 0.25) is 18.6 Å². The predicted molar refractivity (Wildman–Crippen MR) is 172 cm³/mol. The van der Waals surface area contributed by atoms with Gasteiger partial charge in [-0.15, -0.1) is 0 Å². The molecule has 1 unspecified atom stereocenters. The van der Waals surface area contributed by atoms with Crippen LogP contribution >= 0.6 is 0 Å². The molecule has 2 saturated heterocycles.